The highest BCUT2D eigenvalue weighted by Gasteiger charge is 2.24. The second-order valence-corrected chi connectivity index (χ2v) is 12.0. The number of amides is 3. The van der Waals surface area contributed by atoms with Crippen molar-refractivity contribution in [3.8, 4) is 5.75 Å². The molecule has 0 heterocycles. The normalized spacial score (nSPS) is 11.6. The van der Waals surface area contributed by atoms with Gasteiger partial charge in [0.2, 0.25) is 5.91 Å². The topological polar surface area (TPSA) is 140 Å². The van der Waals surface area contributed by atoms with E-state index in [4.69, 9.17) is 4.74 Å². The number of rotatable bonds is 12. The minimum Gasteiger partial charge on any atom is -0.497 e. The molecule has 0 saturated carbocycles. The number of ether oxygens (including phenoxy) is 1. The number of nitro benzene ring substituents is 1. The SMILES string of the molecule is COc1ccc(/C=C(\NC(=O)c2ccccc2)C(=O)Nc2ccc(SC(C(=O)Nc3cc([N+](=O)[O-])ccc3C)c3ccccc3)cc2)cc1. The molecule has 0 saturated heterocycles. The Balaban J connectivity index is 1.34. The van der Waals surface area contributed by atoms with E-state index in [0.29, 0.717) is 33.8 Å². The zero-order valence-electron chi connectivity index (χ0n) is 26.6. The van der Waals surface area contributed by atoms with Crippen molar-refractivity contribution in [2.45, 2.75) is 17.1 Å². The Morgan fingerprint density at radius 2 is 1.47 bits per heavy atom. The van der Waals surface area contributed by atoms with Gasteiger partial charge in [-0.05, 0) is 78.2 Å². The summed E-state index contributed by atoms with van der Waals surface area (Å²) in [5.41, 5.74) is 3.25. The summed E-state index contributed by atoms with van der Waals surface area (Å²) in [5, 5.41) is 19.1. The molecule has 11 heteroatoms. The molecule has 246 valence electrons. The third kappa shape index (κ3) is 9.21. The molecule has 0 spiro atoms. The molecule has 0 bridgehead atoms. The fourth-order valence-corrected chi connectivity index (χ4v) is 5.74. The van der Waals surface area contributed by atoms with E-state index >= 15 is 0 Å². The van der Waals surface area contributed by atoms with Gasteiger partial charge in [0.15, 0.2) is 0 Å². The van der Waals surface area contributed by atoms with Gasteiger partial charge in [0, 0.05) is 28.3 Å². The molecule has 3 N–H and O–H groups in total. The van der Waals surface area contributed by atoms with Gasteiger partial charge in [-0.1, -0.05) is 66.7 Å². The first kappa shape index (κ1) is 34.1. The number of nitrogens with one attached hydrogen (secondary N) is 3. The Morgan fingerprint density at radius 1 is 0.816 bits per heavy atom. The summed E-state index contributed by atoms with van der Waals surface area (Å²) in [6.07, 6.45) is 1.58. The highest BCUT2D eigenvalue weighted by molar-refractivity contribution is 8.00. The fourth-order valence-electron chi connectivity index (χ4n) is 4.72. The number of benzene rings is 5. The summed E-state index contributed by atoms with van der Waals surface area (Å²) in [4.78, 5) is 51.6. The molecule has 0 aliphatic rings. The van der Waals surface area contributed by atoms with Crippen molar-refractivity contribution in [1.82, 2.24) is 5.32 Å². The summed E-state index contributed by atoms with van der Waals surface area (Å²) in [6, 6.07) is 36.1. The lowest BCUT2D eigenvalue weighted by molar-refractivity contribution is -0.384. The number of anilines is 2. The third-order valence-electron chi connectivity index (χ3n) is 7.35. The van der Waals surface area contributed by atoms with Gasteiger partial charge < -0.3 is 20.7 Å². The molecular formula is C38H32N4O6S. The number of aryl methyl sites for hydroxylation is 1. The number of carbonyl (C=O) groups is 3. The van der Waals surface area contributed by atoms with E-state index in [2.05, 4.69) is 16.0 Å². The first-order chi connectivity index (χ1) is 23.7. The van der Waals surface area contributed by atoms with Crippen molar-refractivity contribution in [2.24, 2.45) is 0 Å². The molecule has 0 aromatic heterocycles. The van der Waals surface area contributed by atoms with Crippen molar-refractivity contribution in [3.05, 3.63) is 165 Å². The number of carbonyl (C=O) groups excluding carboxylic acids is 3. The van der Waals surface area contributed by atoms with Gasteiger partial charge in [-0.2, -0.15) is 0 Å². The first-order valence-electron chi connectivity index (χ1n) is 15.1. The smallest absolute Gasteiger partial charge is 0.272 e. The van der Waals surface area contributed by atoms with Crippen LogP contribution in [0.5, 0.6) is 5.75 Å². The first-order valence-corrected chi connectivity index (χ1v) is 16.0. The summed E-state index contributed by atoms with van der Waals surface area (Å²) in [5.74, 6) is -0.664. The Hall–Kier alpha value is -6.20. The largest absolute Gasteiger partial charge is 0.497 e. The lowest BCUT2D eigenvalue weighted by Crippen LogP contribution is -2.30. The minimum absolute atomic E-state index is 0.0368. The van der Waals surface area contributed by atoms with E-state index in [0.717, 1.165) is 10.5 Å². The maximum absolute atomic E-state index is 13.6. The minimum atomic E-state index is -0.687. The number of thioether (sulfide) groups is 1. The summed E-state index contributed by atoms with van der Waals surface area (Å²) < 4.78 is 5.22. The Labute approximate surface area is 287 Å². The van der Waals surface area contributed by atoms with Crippen LogP contribution in [0.2, 0.25) is 0 Å². The predicted octanol–water partition coefficient (Wildman–Crippen LogP) is 7.79. The van der Waals surface area contributed by atoms with Crippen LogP contribution in [-0.2, 0) is 9.59 Å². The van der Waals surface area contributed by atoms with Gasteiger partial charge in [0.1, 0.15) is 16.7 Å². The molecule has 10 nitrogen and oxygen atoms in total. The van der Waals surface area contributed by atoms with Gasteiger partial charge in [-0.3, -0.25) is 24.5 Å². The predicted molar refractivity (Wildman–Crippen MR) is 191 cm³/mol. The molecule has 1 atom stereocenters. The Bertz CT molecular complexity index is 1980. The van der Waals surface area contributed by atoms with Crippen LogP contribution in [0.1, 0.15) is 32.3 Å². The van der Waals surface area contributed by atoms with E-state index in [1.54, 1.807) is 105 Å². The van der Waals surface area contributed by atoms with E-state index in [-0.39, 0.29) is 17.3 Å². The van der Waals surface area contributed by atoms with Crippen molar-refractivity contribution in [2.75, 3.05) is 17.7 Å². The summed E-state index contributed by atoms with van der Waals surface area (Å²) in [6.45, 7) is 1.77. The molecule has 0 fully saturated rings. The number of non-ortho nitro benzene ring substituents is 1. The third-order valence-corrected chi connectivity index (χ3v) is 8.62. The van der Waals surface area contributed by atoms with Crippen LogP contribution in [0.25, 0.3) is 6.08 Å². The highest BCUT2D eigenvalue weighted by Crippen LogP contribution is 2.37. The van der Waals surface area contributed by atoms with Crippen LogP contribution in [0.4, 0.5) is 17.1 Å². The molecule has 5 aromatic rings. The van der Waals surface area contributed by atoms with Crippen LogP contribution < -0.4 is 20.7 Å². The second-order valence-electron chi connectivity index (χ2n) is 10.8. The number of hydrogen-bond acceptors (Lipinski definition) is 7. The monoisotopic (exact) mass is 672 g/mol. The average Bonchev–Trinajstić information content (AvgIpc) is 3.12. The summed E-state index contributed by atoms with van der Waals surface area (Å²) in [7, 11) is 1.56. The van der Waals surface area contributed by atoms with Crippen LogP contribution in [0, 0.1) is 17.0 Å². The lowest BCUT2D eigenvalue weighted by atomic mass is 10.1. The number of hydrogen-bond donors (Lipinski definition) is 3. The quantitative estimate of drug-likeness (QED) is 0.0532. The van der Waals surface area contributed by atoms with Crippen molar-refractivity contribution in [1.29, 1.82) is 0 Å². The van der Waals surface area contributed by atoms with Crippen LogP contribution in [0.15, 0.2) is 138 Å². The average molecular weight is 673 g/mol. The standard InChI is InChI=1S/C38H32N4O6S/c1-25-13-18-30(42(46)47)24-33(25)40-38(45)35(27-9-5-3-6-10-27)49-32-21-16-29(17-22-32)39-37(44)34(23-26-14-19-31(48-2)20-15-26)41-36(43)28-11-7-4-8-12-28/h3-24,35H,1-2H3,(H,39,44)(H,40,45)(H,41,43)/b34-23-. The maximum Gasteiger partial charge on any atom is 0.272 e. The van der Waals surface area contributed by atoms with Gasteiger partial charge in [0.25, 0.3) is 17.5 Å². The Kier molecular flexibility index (Phi) is 11.2. The molecule has 0 radical (unpaired) electrons. The van der Waals surface area contributed by atoms with E-state index in [1.165, 1.54) is 23.9 Å². The number of methoxy groups -OCH3 is 1. The molecule has 49 heavy (non-hydrogen) atoms. The summed E-state index contributed by atoms with van der Waals surface area (Å²) >= 11 is 1.29. The molecule has 3 amide bonds. The van der Waals surface area contributed by atoms with Crippen molar-refractivity contribution in [3.63, 3.8) is 0 Å². The van der Waals surface area contributed by atoms with Crippen molar-refractivity contribution < 1.29 is 24.0 Å². The maximum atomic E-state index is 13.6. The van der Waals surface area contributed by atoms with Crippen molar-refractivity contribution >= 4 is 52.6 Å². The lowest BCUT2D eigenvalue weighted by Gasteiger charge is -2.18. The van der Waals surface area contributed by atoms with Crippen LogP contribution in [0.3, 0.4) is 0 Å². The molecule has 0 aliphatic heterocycles. The van der Waals surface area contributed by atoms with E-state index in [9.17, 15) is 24.5 Å². The van der Waals surface area contributed by atoms with E-state index < -0.39 is 22.0 Å². The molecule has 0 aliphatic carbocycles. The highest BCUT2D eigenvalue weighted by atomic mass is 32.2. The molecule has 5 rings (SSSR count). The van der Waals surface area contributed by atoms with Gasteiger partial charge in [-0.25, -0.2) is 0 Å². The molecule has 5 aromatic carbocycles. The van der Waals surface area contributed by atoms with E-state index in [1.807, 2.05) is 30.3 Å². The Morgan fingerprint density at radius 3 is 2.10 bits per heavy atom. The van der Waals surface area contributed by atoms with Crippen LogP contribution in [-0.4, -0.2) is 29.8 Å². The van der Waals surface area contributed by atoms with Gasteiger partial charge in [-0.15, -0.1) is 11.8 Å². The molecule has 1 unspecified atom stereocenters. The molecular weight excluding hydrogens is 641 g/mol. The second kappa shape index (κ2) is 16.1. The zero-order chi connectivity index (χ0) is 34.8. The number of nitro groups is 1. The fraction of sp³-hybridized carbons (Fsp3) is 0.0789. The van der Waals surface area contributed by atoms with Gasteiger partial charge in [0.05, 0.1) is 17.7 Å². The van der Waals surface area contributed by atoms with Gasteiger partial charge >= 0.3 is 0 Å². The van der Waals surface area contributed by atoms with Crippen LogP contribution >= 0.6 is 11.8 Å². The number of nitrogens with zero attached hydrogens (tertiary/aromatic N) is 1. The zero-order valence-corrected chi connectivity index (χ0v) is 27.4.